The lowest BCUT2D eigenvalue weighted by Gasteiger charge is -2.37. The van der Waals surface area contributed by atoms with E-state index in [4.69, 9.17) is 5.11 Å². The van der Waals surface area contributed by atoms with Crippen LogP contribution in [-0.2, 0) is 19.2 Å². The standard InChI is InChI=1S/C19H28F3N3O5/c1-8(15(28)29)23-13(26)11-10-9(18(10,5)6)7-25(11)14(27)12(17(2,3)4)24-16(30)19(20,21)22/h8-12H,7H2,1-6H3,(H,23,26)(H,24,30)(H,28,29)/t8-,9-,10-,11-,12+/m0/s1. The number of carboxylic acids is 1. The van der Waals surface area contributed by atoms with Crippen LogP contribution in [0.5, 0.6) is 0 Å². The lowest BCUT2D eigenvalue weighted by atomic mass is 9.85. The van der Waals surface area contributed by atoms with Gasteiger partial charge in [0.15, 0.2) is 0 Å². The third-order valence-electron chi connectivity index (χ3n) is 6.14. The van der Waals surface area contributed by atoms with Crippen LogP contribution in [0.1, 0.15) is 41.5 Å². The van der Waals surface area contributed by atoms with Crippen molar-refractivity contribution in [1.29, 1.82) is 0 Å². The van der Waals surface area contributed by atoms with Crippen LogP contribution in [0.4, 0.5) is 13.2 Å². The highest BCUT2D eigenvalue weighted by Crippen LogP contribution is 2.65. The van der Waals surface area contributed by atoms with E-state index in [-0.39, 0.29) is 23.8 Å². The Morgan fingerprint density at radius 2 is 1.63 bits per heavy atom. The molecule has 1 aliphatic carbocycles. The molecule has 5 atom stereocenters. The molecule has 1 saturated heterocycles. The van der Waals surface area contributed by atoms with Crippen molar-refractivity contribution in [3.63, 3.8) is 0 Å². The number of aliphatic carboxylic acids is 1. The second kappa shape index (κ2) is 7.42. The second-order valence-electron chi connectivity index (χ2n) is 9.73. The van der Waals surface area contributed by atoms with Gasteiger partial charge in [0.05, 0.1) is 0 Å². The number of alkyl halides is 3. The van der Waals surface area contributed by atoms with Gasteiger partial charge < -0.3 is 20.6 Å². The predicted octanol–water partition coefficient (Wildman–Crippen LogP) is 1.15. The number of halogens is 3. The van der Waals surface area contributed by atoms with Crippen LogP contribution in [0, 0.1) is 22.7 Å². The van der Waals surface area contributed by atoms with Crippen LogP contribution in [0.25, 0.3) is 0 Å². The van der Waals surface area contributed by atoms with Gasteiger partial charge in [-0.2, -0.15) is 13.2 Å². The van der Waals surface area contributed by atoms with Crippen molar-refractivity contribution in [2.45, 2.75) is 65.8 Å². The molecule has 3 amide bonds. The van der Waals surface area contributed by atoms with Gasteiger partial charge >= 0.3 is 18.1 Å². The Balaban J connectivity index is 2.31. The Hall–Kier alpha value is -2.33. The van der Waals surface area contributed by atoms with Crippen LogP contribution in [-0.4, -0.2) is 64.5 Å². The van der Waals surface area contributed by atoms with Gasteiger partial charge in [-0.3, -0.25) is 19.2 Å². The smallest absolute Gasteiger partial charge is 0.471 e. The van der Waals surface area contributed by atoms with Crippen LogP contribution < -0.4 is 10.6 Å². The molecule has 170 valence electrons. The minimum Gasteiger partial charge on any atom is -0.480 e. The molecule has 2 fully saturated rings. The molecule has 0 aromatic rings. The van der Waals surface area contributed by atoms with Crippen molar-refractivity contribution in [3.8, 4) is 0 Å². The van der Waals surface area contributed by atoms with Crippen molar-refractivity contribution >= 4 is 23.7 Å². The molecular weight excluding hydrogens is 407 g/mol. The number of nitrogens with one attached hydrogen (secondary N) is 2. The summed E-state index contributed by atoms with van der Waals surface area (Å²) in [4.78, 5) is 49.8. The molecular formula is C19H28F3N3O5. The van der Waals surface area contributed by atoms with Gasteiger partial charge in [0, 0.05) is 6.54 Å². The highest BCUT2D eigenvalue weighted by molar-refractivity contribution is 5.95. The maximum atomic E-state index is 13.2. The van der Waals surface area contributed by atoms with Crippen LogP contribution in [0.2, 0.25) is 0 Å². The molecule has 1 saturated carbocycles. The summed E-state index contributed by atoms with van der Waals surface area (Å²) in [5.74, 6) is -5.26. The molecule has 11 heteroatoms. The van der Waals surface area contributed by atoms with Crippen LogP contribution >= 0.6 is 0 Å². The van der Waals surface area contributed by atoms with Crippen LogP contribution in [0.15, 0.2) is 0 Å². The minimum absolute atomic E-state index is 0.0451. The first-order chi connectivity index (χ1) is 13.4. The lowest BCUT2D eigenvalue weighted by Crippen LogP contribution is -2.61. The van der Waals surface area contributed by atoms with E-state index in [2.05, 4.69) is 5.32 Å². The van der Waals surface area contributed by atoms with Gasteiger partial charge in [0.2, 0.25) is 11.8 Å². The number of hydrogen-bond acceptors (Lipinski definition) is 4. The molecule has 0 unspecified atom stereocenters. The van der Waals surface area contributed by atoms with E-state index in [1.165, 1.54) is 32.6 Å². The third kappa shape index (κ3) is 4.39. The highest BCUT2D eigenvalue weighted by atomic mass is 19.4. The Morgan fingerprint density at radius 1 is 1.10 bits per heavy atom. The topological polar surface area (TPSA) is 116 Å². The van der Waals surface area contributed by atoms with Gasteiger partial charge in [0.25, 0.3) is 0 Å². The molecule has 0 bridgehead atoms. The summed E-state index contributed by atoms with van der Waals surface area (Å²) in [7, 11) is 0. The summed E-state index contributed by atoms with van der Waals surface area (Å²) < 4.78 is 38.3. The zero-order valence-corrected chi connectivity index (χ0v) is 17.8. The van der Waals surface area contributed by atoms with Crippen molar-refractivity contribution in [3.05, 3.63) is 0 Å². The van der Waals surface area contributed by atoms with Gasteiger partial charge in [-0.05, 0) is 29.6 Å². The first-order valence-electron chi connectivity index (χ1n) is 9.62. The molecule has 0 aromatic carbocycles. The average Bonchev–Trinajstić information content (AvgIpc) is 2.93. The monoisotopic (exact) mass is 435 g/mol. The maximum absolute atomic E-state index is 13.2. The Bertz CT molecular complexity index is 759. The zero-order valence-electron chi connectivity index (χ0n) is 17.8. The fourth-order valence-electron chi connectivity index (χ4n) is 4.20. The number of carboxylic acid groups (broad SMARTS) is 1. The summed E-state index contributed by atoms with van der Waals surface area (Å²) in [6, 6.07) is -3.73. The third-order valence-corrected chi connectivity index (χ3v) is 6.14. The molecule has 30 heavy (non-hydrogen) atoms. The van der Waals surface area contributed by atoms with Crippen molar-refractivity contribution in [1.82, 2.24) is 15.5 Å². The molecule has 1 aliphatic heterocycles. The summed E-state index contributed by atoms with van der Waals surface area (Å²) in [5, 5.41) is 13.2. The minimum atomic E-state index is -5.16. The van der Waals surface area contributed by atoms with E-state index in [9.17, 15) is 32.3 Å². The molecule has 1 heterocycles. The van der Waals surface area contributed by atoms with Gasteiger partial charge in [-0.25, -0.2) is 0 Å². The Labute approximate surface area is 172 Å². The molecule has 0 spiro atoms. The predicted molar refractivity (Wildman–Crippen MR) is 98.9 cm³/mol. The van der Waals surface area contributed by atoms with Crippen molar-refractivity contribution in [2.24, 2.45) is 22.7 Å². The first-order valence-corrected chi connectivity index (χ1v) is 9.62. The average molecular weight is 435 g/mol. The fraction of sp³-hybridized carbons (Fsp3) is 0.789. The van der Waals surface area contributed by atoms with Gasteiger partial charge in [-0.15, -0.1) is 0 Å². The molecule has 0 radical (unpaired) electrons. The summed E-state index contributed by atoms with van der Waals surface area (Å²) in [5.41, 5.74) is -1.33. The summed E-state index contributed by atoms with van der Waals surface area (Å²) >= 11 is 0. The van der Waals surface area contributed by atoms with E-state index in [0.717, 1.165) is 0 Å². The number of amides is 3. The number of piperidine rings is 1. The number of likely N-dealkylation sites (tertiary alicyclic amines) is 1. The van der Waals surface area contributed by atoms with E-state index < -0.39 is 53.4 Å². The summed E-state index contributed by atoms with van der Waals surface area (Å²) in [6.45, 7) is 9.77. The number of nitrogens with zero attached hydrogens (tertiary/aromatic N) is 1. The molecule has 3 N–H and O–H groups in total. The number of fused-ring (bicyclic) bond motifs is 1. The van der Waals surface area contributed by atoms with Gasteiger partial charge in [0.1, 0.15) is 18.1 Å². The number of carbonyl (C=O) groups is 4. The lowest BCUT2D eigenvalue weighted by molar-refractivity contribution is -0.176. The first kappa shape index (κ1) is 23.9. The summed E-state index contributed by atoms with van der Waals surface area (Å²) in [6.07, 6.45) is -5.16. The zero-order chi connectivity index (χ0) is 23.4. The SMILES string of the molecule is C[C@H](NC(=O)[C@@H]1[C@@H]2[C@H](CN1C(=O)[C@@H](NC(=O)C(F)(F)F)C(C)(C)C)C2(C)C)C(=O)O. The number of rotatable bonds is 5. The second-order valence-corrected chi connectivity index (χ2v) is 9.73. The van der Waals surface area contributed by atoms with Crippen molar-refractivity contribution in [2.75, 3.05) is 6.54 Å². The molecule has 2 aliphatic rings. The number of hydrogen-bond donors (Lipinski definition) is 3. The van der Waals surface area contributed by atoms with Crippen molar-refractivity contribution < 1.29 is 37.5 Å². The maximum Gasteiger partial charge on any atom is 0.471 e. The van der Waals surface area contributed by atoms with Gasteiger partial charge in [-0.1, -0.05) is 34.6 Å². The normalized spacial score (nSPS) is 27.0. The van der Waals surface area contributed by atoms with E-state index in [1.54, 1.807) is 5.32 Å². The molecule has 0 aromatic heterocycles. The Morgan fingerprint density at radius 3 is 2.07 bits per heavy atom. The molecule has 2 rings (SSSR count). The number of carbonyl (C=O) groups excluding carboxylic acids is 3. The fourth-order valence-corrected chi connectivity index (χ4v) is 4.20. The largest absolute Gasteiger partial charge is 0.480 e. The van der Waals surface area contributed by atoms with E-state index >= 15 is 0 Å². The van der Waals surface area contributed by atoms with E-state index in [1.807, 2.05) is 13.8 Å². The quantitative estimate of drug-likeness (QED) is 0.599. The molecule has 8 nitrogen and oxygen atoms in total. The van der Waals surface area contributed by atoms with E-state index in [0.29, 0.717) is 0 Å². The van der Waals surface area contributed by atoms with Crippen LogP contribution in [0.3, 0.4) is 0 Å². The Kier molecular flexibility index (Phi) is 5.92. The highest BCUT2D eigenvalue weighted by Gasteiger charge is 2.69.